The molecule has 22 heavy (non-hydrogen) atoms. The van der Waals surface area contributed by atoms with Gasteiger partial charge in [-0.15, -0.1) is 0 Å². The van der Waals surface area contributed by atoms with Crippen LogP contribution >= 0.6 is 0 Å². The molecule has 122 valence electrons. The van der Waals surface area contributed by atoms with E-state index in [2.05, 4.69) is 28.6 Å². The standard InChI is InChI=1S/C17H27N3O2/c1-12(13-6-5-9-18-11-13)19-14-7-8-15(10-14)20-16(21)22-17(2,3)4/h5-6,9,11-12,14-15,19H,7-8,10H2,1-4H3,(H,20,21). The van der Waals surface area contributed by atoms with Crippen LogP contribution < -0.4 is 10.6 Å². The van der Waals surface area contributed by atoms with Crippen LogP contribution in [0.25, 0.3) is 0 Å². The number of carbonyl (C=O) groups is 1. The lowest BCUT2D eigenvalue weighted by molar-refractivity contribution is 0.0505. The summed E-state index contributed by atoms with van der Waals surface area (Å²) in [5.41, 5.74) is 0.737. The zero-order valence-electron chi connectivity index (χ0n) is 13.9. The summed E-state index contributed by atoms with van der Waals surface area (Å²) < 4.78 is 5.31. The molecule has 0 radical (unpaired) electrons. The summed E-state index contributed by atoms with van der Waals surface area (Å²) in [6.45, 7) is 7.77. The predicted octanol–water partition coefficient (Wildman–Crippen LogP) is 3.18. The summed E-state index contributed by atoms with van der Waals surface area (Å²) in [6, 6.07) is 4.90. The van der Waals surface area contributed by atoms with Crippen LogP contribution in [-0.2, 0) is 4.74 Å². The van der Waals surface area contributed by atoms with Gasteiger partial charge in [0.2, 0.25) is 0 Å². The molecule has 3 unspecified atom stereocenters. The van der Waals surface area contributed by atoms with Gasteiger partial charge in [0.1, 0.15) is 5.60 Å². The molecule has 1 heterocycles. The Balaban J connectivity index is 1.77. The Morgan fingerprint density at radius 1 is 1.36 bits per heavy atom. The fourth-order valence-electron chi connectivity index (χ4n) is 2.82. The van der Waals surface area contributed by atoms with Crippen LogP contribution in [0.1, 0.15) is 58.6 Å². The number of pyridine rings is 1. The lowest BCUT2D eigenvalue weighted by Crippen LogP contribution is -2.39. The third-order valence-corrected chi connectivity index (χ3v) is 3.82. The maximum atomic E-state index is 11.8. The van der Waals surface area contributed by atoms with Crippen LogP contribution in [0.5, 0.6) is 0 Å². The van der Waals surface area contributed by atoms with Crippen LogP contribution in [0.15, 0.2) is 24.5 Å². The summed E-state index contributed by atoms with van der Waals surface area (Å²) in [7, 11) is 0. The maximum absolute atomic E-state index is 11.8. The number of alkyl carbamates (subject to hydrolysis) is 1. The molecule has 0 bridgehead atoms. The molecule has 1 amide bonds. The minimum atomic E-state index is -0.449. The Bertz CT molecular complexity index is 484. The average molecular weight is 305 g/mol. The topological polar surface area (TPSA) is 63.2 Å². The van der Waals surface area contributed by atoms with Gasteiger partial charge in [-0.3, -0.25) is 4.98 Å². The zero-order chi connectivity index (χ0) is 16.2. The first kappa shape index (κ1) is 16.7. The molecule has 0 saturated heterocycles. The van der Waals surface area contributed by atoms with E-state index >= 15 is 0 Å². The summed E-state index contributed by atoms with van der Waals surface area (Å²) in [5, 5.41) is 6.58. The van der Waals surface area contributed by atoms with Crippen molar-refractivity contribution in [3.63, 3.8) is 0 Å². The monoisotopic (exact) mass is 305 g/mol. The first-order valence-electron chi connectivity index (χ1n) is 7.99. The molecule has 2 rings (SSSR count). The van der Waals surface area contributed by atoms with Gasteiger partial charge in [0.05, 0.1) is 0 Å². The van der Waals surface area contributed by atoms with Crippen molar-refractivity contribution in [3.8, 4) is 0 Å². The minimum Gasteiger partial charge on any atom is -0.444 e. The van der Waals surface area contributed by atoms with Gasteiger partial charge in [-0.2, -0.15) is 0 Å². The van der Waals surface area contributed by atoms with Crippen LogP contribution in [0.3, 0.4) is 0 Å². The van der Waals surface area contributed by atoms with E-state index in [4.69, 9.17) is 4.74 Å². The van der Waals surface area contributed by atoms with Crippen LogP contribution in [0.4, 0.5) is 4.79 Å². The average Bonchev–Trinajstić information content (AvgIpc) is 2.84. The second-order valence-electron chi connectivity index (χ2n) is 7.03. The Kier molecular flexibility index (Phi) is 5.40. The molecule has 0 aromatic carbocycles. The fourth-order valence-corrected chi connectivity index (χ4v) is 2.82. The molecule has 1 saturated carbocycles. The largest absolute Gasteiger partial charge is 0.444 e. The molecule has 5 nitrogen and oxygen atoms in total. The van der Waals surface area contributed by atoms with Gasteiger partial charge in [0.15, 0.2) is 0 Å². The Morgan fingerprint density at radius 3 is 2.73 bits per heavy atom. The molecule has 2 N–H and O–H groups in total. The third kappa shape index (κ3) is 5.30. The van der Waals surface area contributed by atoms with Gasteiger partial charge in [-0.1, -0.05) is 6.07 Å². The molecule has 1 aliphatic carbocycles. The van der Waals surface area contributed by atoms with E-state index in [1.165, 1.54) is 5.56 Å². The Labute approximate surface area is 132 Å². The molecule has 0 aliphatic heterocycles. The highest BCUT2D eigenvalue weighted by Gasteiger charge is 2.28. The van der Waals surface area contributed by atoms with Gasteiger partial charge in [-0.05, 0) is 58.6 Å². The van der Waals surface area contributed by atoms with Crippen molar-refractivity contribution < 1.29 is 9.53 Å². The molecule has 1 aliphatic rings. The Hall–Kier alpha value is -1.62. The lowest BCUT2D eigenvalue weighted by Gasteiger charge is -2.22. The van der Waals surface area contributed by atoms with Crippen LogP contribution in [0, 0.1) is 0 Å². The van der Waals surface area contributed by atoms with Crippen LogP contribution in [0.2, 0.25) is 0 Å². The maximum Gasteiger partial charge on any atom is 0.407 e. The van der Waals surface area contributed by atoms with Crippen molar-refractivity contribution in [2.75, 3.05) is 0 Å². The molecule has 0 spiro atoms. The quantitative estimate of drug-likeness (QED) is 0.897. The van der Waals surface area contributed by atoms with Gasteiger partial charge >= 0.3 is 6.09 Å². The van der Waals surface area contributed by atoms with Gasteiger partial charge in [0.25, 0.3) is 0 Å². The summed E-state index contributed by atoms with van der Waals surface area (Å²) >= 11 is 0. The number of amides is 1. The van der Waals surface area contributed by atoms with E-state index in [1.807, 2.05) is 33.0 Å². The molecular weight excluding hydrogens is 278 g/mol. The van der Waals surface area contributed by atoms with E-state index in [0.717, 1.165) is 19.3 Å². The number of nitrogens with zero attached hydrogens (tertiary/aromatic N) is 1. The van der Waals surface area contributed by atoms with Gasteiger partial charge < -0.3 is 15.4 Å². The number of aromatic nitrogens is 1. The van der Waals surface area contributed by atoms with Crippen molar-refractivity contribution in [1.29, 1.82) is 0 Å². The van der Waals surface area contributed by atoms with E-state index in [0.29, 0.717) is 6.04 Å². The summed E-state index contributed by atoms with van der Waals surface area (Å²) in [6.07, 6.45) is 6.33. The first-order valence-corrected chi connectivity index (χ1v) is 7.99. The van der Waals surface area contributed by atoms with E-state index in [9.17, 15) is 4.79 Å². The van der Waals surface area contributed by atoms with Crippen molar-refractivity contribution >= 4 is 6.09 Å². The second-order valence-corrected chi connectivity index (χ2v) is 7.03. The zero-order valence-corrected chi connectivity index (χ0v) is 13.9. The molecule has 3 atom stereocenters. The van der Waals surface area contributed by atoms with Gasteiger partial charge in [-0.25, -0.2) is 4.79 Å². The molecule has 1 fully saturated rings. The molecule has 1 aromatic rings. The number of ether oxygens (including phenoxy) is 1. The normalized spacial score (nSPS) is 23.1. The van der Waals surface area contributed by atoms with E-state index in [-0.39, 0.29) is 18.2 Å². The molecule has 5 heteroatoms. The number of nitrogens with one attached hydrogen (secondary N) is 2. The number of hydrogen-bond donors (Lipinski definition) is 2. The SMILES string of the molecule is CC(NC1CCC(NC(=O)OC(C)(C)C)C1)c1cccnc1. The highest BCUT2D eigenvalue weighted by Crippen LogP contribution is 2.23. The smallest absolute Gasteiger partial charge is 0.407 e. The van der Waals surface area contributed by atoms with Crippen molar-refractivity contribution in [2.24, 2.45) is 0 Å². The molecule has 1 aromatic heterocycles. The fraction of sp³-hybridized carbons (Fsp3) is 0.647. The lowest BCUT2D eigenvalue weighted by atomic mass is 10.1. The number of hydrogen-bond acceptors (Lipinski definition) is 4. The van der Waals surface area contributed by atoms with Crippen LogP contribution in [-0.4, -0.2) is 28.8 Å². The van der Waals surface area contributed by atoms with Gasteiger partial charge in [0, 0.05) is 30.5 Å². The highest BCUT2D eigenvalue weighted by atomic mass is 16.6. The summed E-state index contributed by atoms with van der Waals surface area (Å²) in [4.78, 5) is 16.0. The highest BCUT2D eigenvalue weighted by molar-refractivity contribution is 5.68. The predicted molar refractivity (Wildman–Crippen MR) is 86.6 cm³/mol. The Morgan fingerprint density at radius 2 is 2.09 bits per heavy atom. The van der Waals surface area contributed by atoms with E-state index in [1.54, 1.807) is 6.20 Å². The van der Waals surface area contributed by atoms with Crippen molar-refractivity contribution in [3.05, 3.63) is 30.1 Å². The van der Waals surface area contributed by atoms with E-state index < -0.39 is 5.60 Å². The third-order valence-electron chi connectivity index (χ3n) is 3.82. The second kappa shape index (κ2) is 7.09. The minimum absolute atomic E-state index is 0.188. The molecular formula is C17H27N3O2. The van der Waals surface area contributed by atoms with Crippen molar-refractivity contribution in [1.82, 2.24) is 15.6 Å². The number of carbonyl (C=O) groups excluding carboxylic acids is 1. The first-order chi connectivity index (χ1) is 10.3. The number of rotatable bonds is 4. The van der Waals surface area contributed by atoms with Crippen molar-refractivity contribution in [2.45, 2.75) is 70.7 Å². The summed E-state index contributed by atoms with van der Waals surface area (Å²) in [5.74, 6) is 0.